The number of aromatic nitrogens is 2. The summed E-state index contributed by atoms with van der Waals surface area (Å²) in [6.45, 7) is 5.62. The van der Waals surface area contributed by atoms with E-state index < -0.39 is 0 Å². The first-order chi connectivity index (χ1) is 10.1. The Morgan fingerprint density at radius 2 is 2.43 bits per heavy atom. The summed E-state index contributed by atoms with van der Waals surface area (Å²) in [5.41, 5.74) is 1.88. The van der Waals surface area contributed by atoms with Crippen molar-refractivity contribution in [1.82, 2.24) is 9.78 Å². The summed E-state index contributed by atoms with van der Waals surface area (Å²) < 4.78 is 7.42. The molecule has 6 heteroatoms. The van der Waals surface area contributed by atoms with Crippen molar-refractivity contribution in [2.45, 2.75) is 39.3 Å². The van der Waals surface area contributed by atoms with Crippen molar-refractivity contribution in [1.29, 1.82) is 0 Å². The van der Waals surface area contributed by atoms with Crippen LogP contribution in [-0.2, 0) is 11.3 Å². The minimum absolute atomic E-state index is 0.0760. The first kappa shape index (κ1) is 14.3. The molecule has 21 heavy (non-hydrogen) atoms. The van der Waals surface area contributed by atoms with Crippen LogP contribution in [0.15, 0.2) is 18.5 Å². The van der Waals surface area contributed by atoms with Gasteiger partial charge in [0.05, 0.1) is 29.4 Å². The molecule has 0 aliphatic carbocycles. The molecule has 1 N–H and O–H groups in total. The number of carbonyl (C=O) groups is 1. The van der Waals surface area contributed by atoms with E-state index in [2.05, 4.69) is 10.4 Å². The van der Waals surface area contributed by atoms with Crippen LogP contribution in [0.3, 0.4) is 0 Å². The van der Waals surface area contributed by atoms with Gasteiger partial charge in [0.25, 0.3) is 5.91 Å². The van der Waals surface area contributed by atoms with E-state index in [-0.39, 0.29) is 12.0 Å². The van der Waals surface area contributed by atoms with Crippen molar-refractivity contribution < 1.29 is 9.53 Å². The Bertz CT molecular complexity index is 622. The summed E-state index contributed by atoms with van der Waals surface area (Å²) in [5, 5.41) is 7.17. The van der Waals surface area contributed by atoms with Crippen LogP contribution in [0.5, 0.6) is 0 Å². The van der Waals surface area contributed by atoms with Crippen molar-refractivity contribution in [2.75, 3.05) is 11.9 Å². The third-order valence-electron chi connectivity index (χ3n) is 3.70. The molecule has 3 rings (SSSR count). The average molecular weight is 305 g/mol. The second-order valence-corrected chi connectivity index (χ2v) is 6.65. The van der Waals surface area contributed by atoms with Crippen molar-refractivity contribution >= 4 is 22.9 Å². The lowest BCUT2D eigenvalue weighted by atomic mass is 10.2. The zero-order chi connectivity index (χ0) is 14.8. The maximum atomic E-state index is 12.2. The summed E-state index contributed by atoms with van der Waals surface area (Å²) in [5.74, 6) is -0.0760. The Morgan fingerprint density at radius 3 is 3.10 bits per heavy atom. The molecule has 0 aromatic carbocycles. The highest BCUT2D eigenvalue weighted by molar-refractivity contribution is 7.14. The number of hydrogen-bond acceptors (Lipinski definition) is 4. The Labute approximate surface area is 127 Å². The molecule has 2 aromatic heterocycles. The first-order valence-corrected chi connectivity index (χ1v) is 7.96. The molecule has 112 valence electrons. The smallest absolute Gasteiger partial charge is 0.265 e. The van der Waals surface area contributed by atoms with Gasteiger partial charge in [0, 0.05) is 17.7 Å². The molecule has 0 radical (unpaired) electrons. The standard InChI is InChI=1S/C15H19N3O2S/c1-10-6-14(21-11(10)2)15(19)17-12-7-16-18(8-12)9-13-4-3-5-20-13/h6-8,13H,3-5,9H2,1-2H3,(H,17,19). The number of amides is 1. The Balaban J connectivity index is 1.62. The molecular formula is C15H19N3O2S. The quantitative estimate of drug-likeness (QED) is 0.944. The van der Waals surface area contributed by atoms with Crippen LogP contribution in [0.4, 0.5) is 5.69 Å². The number of nitrogens with zero attached hydrogens (tertiary/aromatic N) is 2. The maximum Gasteiger partial charge on any atom is 0.265 e. The van der Waals surface area contributed by atoms with E-state index >= 15 is 0 Å². The van der Waals surface area contributed by atoms with Crippen LogP contribution in [0.25, 0.3) is 0 Å². The third kappa shape index (κ3) is 3.33. The van der Waals surface area contributed by atoms with E-state index in [9.17, 15) is 4.79 Å². The molecule has 1 fully saturated rings. The number of nitrogens with one attached hydrogen (secondary N) is 1. The number of anilines is 1. The lowest BCUT2D eigenvalue weighted by Gasteiger charge is -2.08. The Morgan fingerprint density at radius 1 is 1.57 bits per heavy atom. The van der Waals surface area contributed by atoms with Gasteiger partial charge in [-0.15, -0.1) is 11.3 Å². The molecule has 2 aromatic rings. The molecule has 1 aliphatic rings. The van der Waals surface area contributed by atoms with Gasteiger partial charge in [-0.2, -0.15) is 5.10 Å². The van der Waals surface area contributed by atoms with E-state index in [4.69, 9.17) is 4.74 Å². The topological polar surface area (TPSA) is 56.2 Å². The monoisotopic (exact) mass is 305 g/mol. The van der Waals surface area contributed by atoms with Crippen LogP contribution >= 0.6 is 11.3 Å². The van der Waals surface area contributed by atoms with Crippen molar-refractivity contribution in [3.05, 3.63) is 33.8 Å². The minimum Gasteiger partial charge on any atom is -0.376 e. The Hall–Kier alpha value is -1.66. The molecule has 0 bridgehead atoms. The van der Waals surface area contributed by atoms with Crippen molar-refractivity contribution in [2.24, 2.45) is 0 Å². The molecule has 1 amide bonds. The number of thiophene rings is 1. The normalized spacial score (nSPS) is 18.1. The van der Waals surface area contributed by atoms with E-state index in [1.807, 2.05) is 30.8 Å². The van der Waals surface area contributed by atoms with E-state index in [0.717, 1.165) is 42.1 Å². The van der Waals surface area contributed by atoms with Crippen LogP contribution in [0, 0.1) is 13.8 Å². The van der Waals surface area contributed by atoms with E-state index in [1.54, 1.807) is 6.20 Å². The van der Waals surface area contributed by atoms with Crippen molar-refractivity contribution in [3.63, 3.8) is 0 Å². The molecule has 3 heterocycles. The number of ether oxygens (including phenoxy) is 1. The summed E-state index contributed by atoms with van der Waals surface area (Å²) in [4.78, 5) is 14.1. The number of hydrogen-bond donors (Lipinski definition) is 1. The van der Waals surface area contributed by atoms with Gasteiger partial charge < -0.3 is 10.1 Å². The molecule has 1 atom stereocenters. The molecule has 0 saturated carbocycles. The largest absolute Gasteiger partial charge is 0.376 e. The summed E-state index contributed by atoms with van der Waals surface area (Å²) in [7, 11) is 0. The third-order valence-corrected chi connectivity index (χ3v) is 4.85. The minimum atomic E-state index is -0.0760. The molecular weight excluding hydrogens is 286 g/mol. The summed E-state index contributed by atoms with van der Waals surface area (Å²) >= 11 is 1.52. The molecule has 0 spiro atoms. The number of rotatable bonds is 4. The fourth-order valence-corrected chi connectivity index (χ4v) is 3.33. The van der Waals surface area contributed by atoms with Crippen LogP contribution in [0.2, 0.25) is 0 Å². The second-order valence-electron chi connectivity index (χ2n) is 5.39. The molecule has 1 saturated heterocycles. The molecule has 1 unspecified atom stereocenters. The van der Waals surface area contributed by atoms with E-state index in [0.29, 0.717) is 0 Å². The highest BCUT2D eigenvalue weighted by Crippen LogP contribution is 2.22. The zero-order valence-corrected chi connectivity index (χ0v) is 13.1. The van der Waals surface area contributed by atoms with Gasteiger partial charge >= 0.3 is 0 Å². The van der Waals surface area contributed by atoms with Crippen molar-refractivity contribution in [3.8, 4) is 0 Å². The van der Waals surface area contributed by atoms with Crippen LogP contribution in [0.1, 0.15) is 33.0 Å². The van der Waals surface area contributed by atoms with Crippen LogP contribution < -0.4 is 5.32 Å². The fraction of sp³-hybridized carbons (Fsp3) is 0.467. The van der Waals surface area contributed by atoms with Gasteiger partial charge in [0.1, 0.15) is 0 Å². The number of aryl methyl sites for hydroxylation is 2. The van der Waals surface area contributed by atoms with E-state index in [1.165, 1.54) is 16.2 Å². The predicted molar refractivity (Wildman–Crippen MR) is 82.9 cm³/mol. The van der Waals surface area contributed by atoms with Gasteiger partial charge in [-0.1, -0.05) is 0 Å². The van der Waals surface area contributed by atoms with Crippen LogP contribution in [-0.4, -0.2) is 28.4 Å². The lowest BCUT2D eigenvalue weighted by Crippen LogP contribution is -2.15. The fourth-order valence-electron chi connectivity index (χ4n) is 2.40. The second kappa shape index (κ2) is 5.99. The Kier molecular flexibility index (Phi) is 4.07. The van der Waals surface area contributed by atoms with Gasteiger partial charge in [-0.3, -0.25) is 9.48 Å². The SMILES string of the molecule is Cc1cc(C(=O)Nc2cnn(CC3CCCO3)c2)sc1C. The summed E-state index contributed by atoms with van der Waals surface area (Å²) in [6.07, 6.45) is 5.98. The molecule has 5 nitrogen and oxygen atoms in total. The van der Waals surface area contributed by atoms with Gasteiger partial charge in [-0.25, -0.2) is 0 Å². The predicted octanol–water partition coefficient (Wildman–Crippen LogP) is 2.99. The zero-order valence-electron chi connectivity index (χ0n) is 12.3. The molecule has 1 aliphatic heterocycles. The average Bonchev–Trinajstić information content (AvgIpc) is 3.15. The van der Waals surface area contributed by atoms with Gasteiger partial charge in [0.2, 0.25) is 0 Å². The number of carbonyl (C=O) groups excluding carboxylic acids is 1. The lowest BCUT2D eigenvalue weighted by molar-refractivity contribution is 0.0940. The highest BCUT2D eigenvalue weighted by Gasteiger charge is 2.17. The highest BCUT2D eigenvalue weighted by atomic mass is 32.1. The van der Waals surface area contributed by atoms with Gasteiger partial charge in [-0.05, 0) is 38.3 Å². The maximum absolute atomic E-state index is 12.2. The summed E-state index contributed by atoms with van der Waals surface area (Å²) in [6, 6.07) is 1.92. The van der Waals surface area contributed by atoms with Gasteiger partial charge in [0.15, 0.2) is 0 Å². The first-order valence-electron chi connectivity index (χ1n) is 7.14.